The van der Waals surface area contributed by atoms with Crippen LogP contribution >= 0.6 is 22.6 Å². The first-order chi connectivity index (χ1) is 6.44. The highest BCUT2D eigenvalue weighted by Crippen LogP contribution is 2.39. The van der Waals surface area contributed by atoms with E-state index in [1.165, 1.54) is 20.5 Å². The summed E-state index contributed by atoms with van der Waals surface area (Å²) in [4.78, 5) is 0. The third kappa shape index (κ3) is 1.23. The predicted molar refractivity (Wildman–Crippen MR) is 68.7 cm³/mol. The van der Waals surface area contributed by atoms with Crippen LogP contribution in [-0.4, -0.2) is 17.3 Å². The van der Waals surface area contributed by atoms with Crippen LogP contribution in [0.4, 0.5) is 5.69 Å². The van der Waals surface area contributed by atoms with Gasteiger partial charge in [-0.05, 0) is 48.6 Å². The topological polar surface area (TPSA) is 3.01 Å². The quantitative estimate of drug-likeness (QED) is 0.511. The fraction of sp³-hybridized carbons (Fsp3) is 0.417. The van der Waals surface area contributed by atoms with E-state index >= 15 is 0 Å². The van der Waals surface area contributed by atoms with E-state index in [-0.39, 0.29) is 5.41 Å². The molecule has 1 aromatic rings. The highest BCUT2D eigenvalue weighted by molar-refractivity contribution is 14.1. The van der Waals surface area contributed by atoms with Gasteiger partial charge in [-0.1, -0.05) is 0 Å². The molecule has 2 rings (SSSR count). The van der Waals surface area contributed by atoms with Gasteiger partial charge in [0.05, 0.1) is 5.41 Å². The van der Waals surface area contributed by atoms with E-state index in [9.17, 15) is 0 Å². The molecule has 0 saturated carbocycles. The van der Waals surface area contributed by atoms with Crippen molar-refractivity contribution in [2.75, 3.05) is 7.05 Å². The third-order valence-corrected chi connectivity index (χ3v) is 4.07. The summed E-state index contributed by atoms with van der Waals surface area (Å²) in [5.41, 5.74) is 4.41. The molecule has 1 nitrogen and oxygen atoms in total. The summed E-state index contributed by atoms with van der Waals surface area (Å²) in [5.74, 6) is 0. The van der Waals surface area contributed by atoms with Crippen LogP contribution in [0.3, 0.4) is 0 Å². The molecular formula is C12H15IN+. The van der Waals surface area contributed by atoms with Crippen molar-refractivity contribution < 1.29 is 4.58 Å². The Balaban J connectivity index is 2.73. The molecule has 74 valence electrons. The third-order valence-electron chi connectivity index (χ3n) is 3.40. The molecule has 0 fully saturated rings. The molecule has 1 aliphatic heterocycles. The lowest BCUT2D eigenvalue weighted by molar-refractivity contribution is -0.403. The fourth-order valence-corrected chi connectivity index (χ4v) is 2.59. The number of nitrogens with zero attached hydrogens (tertiary/aromatic N) is 1. The van der Waals surface area contributed by atoms with Crippen molar-refractivity contribution in [3.8, 4) is 0 Å². The Morgan fingerprint density at radius 1 is 1.29 bits per heavy atom. The summed E-state index contributed by atoms with van der Waals surface area (Å²) in [6.07, 6.45) is 0. The van der Waals surface area contributed by atoms with E-state index in [0.29, 0.717) is 0 Å². The van der Waals surface area contributed by atoms with Crippen LogP contribution in [0.5, 0.6) is 0 Å². The molecule has 0 saturated heterocycles. The number of hydrogen-bond acceptors (Lipinski definition) is 0. The van der Waals surface area contributed by atoms with Crippen molar-refractivity contribution in [2.24, 2.45) is 0 Å². The second-order valence-corrected chi connectivity index (χ2v) is 5.68. The van der Waals surface area contributed by atoms with Crippen LogP contribution < -0.4 is 0 Å². The smallest absolute Gasteiger partial charge is 0.202 e. The highest BCUT2D eigenvalue weighted by atomic mass is 127. The summed E-state index contributed by atoms with van der Waals surface area (Å²) in [6, 6.07) is 6.68. The first kappa shape index (κ1) is 10.1. The average Bonchev–Trinajstić information content (AvgIpc) is 2.29. The maximum absolute atomic E-state index is 2.38. The second-order valence-electron chi connectivity index (χ2n) is 4.43. The lowest BCUT2D eigenvalue weighted by Crippen LogP contribution is -2.25. The Bertz CT molecular complexity index is 430. The average molecular weight is 300 g/mol. The number of rotatable bonds is 0. The van der Waals surface area contributed by atoms with Gasteiger partial charge in [0.15, 0.2) is 5.71 Å². The Morgan fingerprint density at radius 3 is 2.57 bits per heavy atom. The van der Waals surface area contributed by atoms with E-state index in [1.54, 1.807) is 0 Å². The van der Waals surface area contributed by atoms with Crippen LogP contribution in [0.2, 0.25) is 0 Å². The van der Waals surface area contributed by atoms with Gasteiger partial charge in [0.25, 0.3) is 0 Å². The molecule has 0 atom stereocenters. The number of hydrogen-bond donors (Lipinski definition) is 0. The van der Waals surface area contributed by atoms with Crippen molar-refractivity contribution >= 4 is 34.0 Å². The zero-order chi connectivity index (χ0) is 10.5. The summed E-state index contributed by atoms with van der Waals surface area (Å²) >= 11 is 2.38. The van der Waals surface area contributed by atoms with E-state index < -0.39 is 0 Å². The lowest BCUT2D eigenvalue weighted by Gasteiger charge is -2.14. The fourth-order valence-electron chi connectivity index (χ4n) is 2.10. The van der Waals surface area contributed by atoms with Crippen LogP contribution in [0.25, 0.3) is 0 Å². The van der Waals surface area contributed by atoms with Crippen LogP contribution in [0.15, 0.2) is 18.2 Å². The first-order valence-electron chi connectivity index (χ1n) is 4.82. The molecule has 1 aliphatic rings. The zero-order valence-corrected chi connectivity index (χ0v) is 11.2. The maximum atomic E-state index is 2.38. The monoisotopic (exact) mass is 300 g/mol. The first-order valence-corrected chi connectivity index (χ1v) is 5.90. The van der Waals surface area contributed by atoms with E-state index in [2.05, 4.69) is 73.2 Å². The summed E-state index contributed by atoms with van der Waals surface area (Å²) in [6.45, 7) is 6.80. The molecule has 0 spiro atoms. The van der Waals surface area contributed by atoms with Gasteiger partial charge in [0, 0.05) is 22.1 Å². The largest absolute Gasteiger partial charge is 0.209 e. The minimum absolute atomic E-state index is 0.186. The molecule has 0 bridgehead atoms. The highest BCUT2D eigenvalue weighted by Gasteiger charge is 2.41. The van der Waals surface area contributed by atoms with Crippen molar-refractivity contribution in [2.45, 2.75) is 26.2 Å². The SMILES string of the molecule is CC1=[N+](C)c2ccc(I)cc2C1(C)C. The minimum Gasteiger partial charge on any atom is -0.202 e. The molecule has 0 amide bonds. The van der Waals surface area contributed by atoms with Gasteiger partial charge in [-0.15, -0.1) is 0 Å². The normalized spacial score (nSPS) is 18.6. The van der Waals surface area contributed by atoms with Crippen LogP contribution in [-0.2, 0) is 5.41 Å². The Morgan fingerprint density at radius 2 is 1.93 bits per heavy atom. The zero-order valence-electron chi connectivity index (χ0n) is 9.06. The molecule has 1 heterocycles. The van der Waals surface area contributed by atoms with Gasteiger partial charge in [-0.2, -0.15) is 0 Å². The summed E-state index contributed by atoms with van der Waals surface area (Å²) in [7, 11) is 2.15. The second kappa shape index (κ2) is 3.05. The molecule has 0 aliphatic carbocycles. The van der Waals surface area contributed by atoms with Crippen molar-refractivity contribution in [3.63, 3.8) is 0 Å². The molecule has 1 aromatic carbocycles. The van der Waals surface area contributed by atoms with Crippen molar-refractivity contribution in [1.29, 1.82) is 0 Å². The molecule has 0 unspecified atom stereocenters. The van der Waals surface area contributed by atoms with Gasteiger partial charge < -0.3 is 0 Å². The van der Waals surface area contributed by atoms with E-state index in [0.717, 1.165) is 0 Å². The predicted octanol–water partition coefficient (Wildman–Crippen LogP) is 3.32. The molecule has 0 radical (unpaired) electrons. The van der Waals surface area contributed by atoms with Gasteiger partial charge in [-0.25, -0.2) is 4.58 Å². The number of halogens is 1. The van der Waals surface area contributed by atoms with Crippen molar-refractivity contribution in [3.05, 3.63) is 27.3 Å². The van der Waals surface area contributed by atoms with Gasteiger partial charge in [0.1, 0.15) is 7.05 Å². The summed E-state index contributed by atoms with van der Waals surface area (Å²) < 4.78 is 3.61. The van der Waals surface area contributed by atoms with Gasteiger partial charge in [-0.3, -0.25) is 0 Å². The molecule has 2 heteroatoms. The number of benzene rings is 1. The molecule has 0 N–H and O–H groups in total. The minimum atomic E-state index is 0.186. The standard InChI is InChI=1S/C12H15IN/c1-8-12(2,3)10-7-9(13)5-6-11(10)14(8)4/h5-7H,1-4H3/q+1. The van der Waals surface area contributed by atoms with Crippen LogP contribution in [0.1, 0.15) is 26.3 Å². The van der Waals surface area contributed by atoms with E-state index in [4.69, 9.17) is 0 Å². The number of fused-ring (bicyclic) bond motifs is 1. The van der Waals surface area contributed by atoms with Crippen LogP contribution in [0, 0.1) is 3.57 Å². The van der Waals surface area contributed by atoms with Gasteiger partial charge in [0.2, 0.25) is 5.69 Å². The Hall–Kier alpha value is -0.380. The molecule has 0 aromatic heterocycles. The molecular weight excluding hydrogens is 285 g/mol. The molecule has 14 heavy (non-hydrogen) atoms. The lowest BCUT2D eigenvalue weighted by atomic mass is 9.82. The van der Waals surface area contributed by atoms with E-state index in [1.807, 2.05) is 0 Å². The van der Waals surface area contributed by atoms with Gasteiger partial charge >= 0.3 is 0 Å². The Labute approximate surface area is 99.0 Å². The summed E-state index contributed by atoms with van der Waals surface area (Å²) in [5, 5.41) is 0. The maximum Gasteiger partial charge on any atom is 0.209 e. The van der Waals surface area contributed by atoms with Crippen molar-refractivity contribution in [1.82, 2.24) is 0 Å². The Kier molecular flexibility index (Phi) is 2.21.